The molecule has 1 N–H and O–H groups in total. The average Bonchev–Trinajstić information content (AvgIpc) is 2.48. The summed E-state index contributed by atoms with van der Waals surface area (Å²) in [5.74, 6) is -0.861. The van der Waals surface area contributed by atoms with Gasteiger partial charge in [0.1, 0.15) is 5.25 Å². The van der Waals surface area contributed by atoms with E-state index in [-0.39, 0.29) is 24.5 Å². The second-order valence-electron chi connectivity index (χ2n) is 6.67. The van der Waals surface area contributed by atoms with E-state index in [0.717, 1.165) is 22.4 Å². The van der Waals surface area contributed by atoms with Gasteiger partial charge in [0.2, 0.25) is 11.8 Å². The SMILES string of the molecule is Cc1cc(C)c(NC(=O)CCCS(=O)(=O)C(C)C(=O)N(C)C)c(C)c1. The van der Waals surface area contributed by atoms with Gasteiger partial charge in [0.25, 0.3) is 0 Å². The van der Waals surface area contributed by atoms with Crippen LogP contribution in [0, 0.1) is 20.8 Å². The Morgan fingerprint density at radius 3 is 2.12 bits per heavy atom. The first-order valence-corrected chi connectivity index (χ1v) is 9.97. The topological polar surface area (TPSA) is 83.5 Å². The summed E-state index contributed by atoms with van der Waals surface area (Å²) in [6.45, 7) is 7.23. The molecule has 0 aliphatic heterocycles. The number of amides is 2. The largest absolute Gasteiger partial charge is 0.348 e. The smallest absolute Gasteiger partial charge is 0.240 e. The van der Waals surface area contributed by atoms with Crippen LogP contribution in [0.5, 0.6) is 0 Å². The van der Waals surface area contributed by atoms with E-state index in [1.165, 1.54) is 25.9 Å². The summed E-state index contributed by atoms with van der Waals surface area (Å²) < 4.78 is 24.4. The quantitative estimate of drug-likeness (QED) is 0.800. The lowest BCUT2D eigenvalue weighted by Crippen LogP contribution is -2.38. The van der Waals surface area contributed by atoms with Gasteiger partial charge < -0.3 is 10.2 Å². The van der Waals surface area contributed by atoms with Crippen LogP contribution in [0.15, 0.2) is 12.1 Å². The van der Waals surface area contributed by atoms with E-state index in [2.05, 4.69) is 5.32 Å². The lowest BCUT2D eigenvalue weighted by molar-refractivity contribution is -0.127. The molecule has 0 saturated heterocycles. The molecule has 1 aromatic carbocycles. The van der Waals surface area contributed by atoms with Crippen molar-refractivity contribution in [3.63, 3.8) is 0 Å². The maximum atomic E-state index is 12.2. The fourth-order valence-electron chi connectivity index (χ4n) is 2.71. The van der Waals surface area contributed by atoms with Crippen LogP contribution in [0.1, 0.15) is 36.5 Å². The van der Waals surface area contributed by atoms with Crippen molar-refractivity contribution in [1.29, 1.82) is 0 Å². The number of rotatable bonds is 7. The Kier molecular flexibility index (Phi) is 7.17. The number of benzene rings is 1. The number of carbonyl (C=O) groups is 2. The van der Waals surface area contributed by atoms with Crippen LogP contribution in [-0.4, -0.2) is 50.2 Å². The predicted molar refractivity (Wildman–Crippen MR) is 100 cm³/mol. The van der Waals surface area contributed by atoms with Gasteiger partial charge in [-0.3, -0.25) is 9.59 Å². The molecule has 0 spiro atoms. The normalized spacial score (nSPS) is 12.6. The van der Waals surface area contributed by atoms with Crippen LogP contribution in [0.2, 0.25) is 0 Å². The average molecular weight is 368 g/mol. The maximum absolute atomic E-state index is 12.2. The standard InChI is InChI=1S/C18H28N2O4S/c1-12-10-13(2)17(14(3)11-12)19-16(21)8-7-9-25(23,24)15(4)18(22)20(5)6/h10-11,15H,7-9H2,1-6H3,(H,19,21). The molecule has 0 fully saturated rings. The third kappa shape index (κ3) is 5.85. The molecule has 0 aliphatic rings. The third-order valence-corrected chi connectivity index (χ3v) is 6.24. The molecule has 0 heterocycles. The molecule has 0 bridgehead atoms. The fourth-order valence-corrected chi connectivity index (χ4v) is 4.13. The van der Waals surface area contributed by atoms with Crippen LogP contribution in [0.3, 0.4) is 0 Å². The third-order valence-electron chi connectivity index (χ3n) is 4.10. The van der Waals surface area contributed by atoms with Crippen molar-refractivity contribution in [1.82, 2.24) is 4.90 Å². The first kappa shape index (κ1) is 21.2. The van der Waals surface area contributed by atoms with Gasteiger partial charge in [-0.25, -0.2) is 8.42 Å². The zero-order chi connectivity index (χ0) is 19.4. The molecule has 2 amide bonds. The Balaban J connectivity index is 2.62. The van der Waals surface area contributed by atoms with Gasteiger partial charge in [0.15, 0.2) is 9.84 Å². The molecule has 1 aromatic rings. The number of anilines is 1. The van der Waals surface area contributed by atoms with Crippen molar-refractivity contribution in [2.24, 2.45) is 0 Å². The molecular weight excluding hydrogens is 340 g/mol. The van der Waals surface area contributed by atoms with Crippen LogP contribution in [0.25, 0.3) is 0 Å². The highest BCUT2D eigenvalue weighted by Gasteiger charge is 2.28. The zero-order valence-corrected chi connectivity index (χ0v) is 16.7. The maximum Gasteiger partial charge on any atom is 0.240 e. The summed E-state index contributed by atoms with van der Waals surface area (Å²) in [6, 6.07) is 3.98. The van der Waals surface area contributed by atoms with E-state index in [4.69, 9.17) is 0 Å². The summed E-state index contributed by atoms with van der Waals surface area (Å²) in [4.78, 5) is 25.2. The van der Waals surface area contributed by atoms with Gasteiger partial charge in [-0.2, -0.15) is 0 Å². The Bertz CT molecular complexity index is 731. The first-order valence-electron chi connectivity index (χ1n) is 8.26. The van der Waals surface area contributed by atoms with E-state index in [9.17, 15) is 18.0 Å². The summed E-state index contributed by atoms with van der Waals surface area (Å²) in [7, 11) is -0.522. The monoisotopic (exact) mass is 368 g/mol. The Morgan fingerprint density at radius 2 is 1.64 bits per heavy atom. The highest BCUT2D eigenvalue weighted by molar-refractivity contribution is 7.92. The van der Waals surface area contributed by atoms with Gasteiger partial charge in [-0.1, -0.05) is 17.7 Å². The van der Waals surface area contributed by atoms with Crippen molar-refractivity contribution in [3.8, 4) is 0 Å². The second-order valence-corrected chi connectivity index (χ2v) is 9.11. The molecule has 1 unspecified atom stereocenters. The molecule has 6 nitrogen and oxygen atoms in total. The van der Waals surface area contributed by atoms with Crippen LogP contribution < -0.4 is 5.32 Å². The highest BCUT2D eigenvalue weighted by Crippen LogP contribution is 2.22. The van der Waals surface area contributed by atoms with Crippen molar-refractivity contribution in [3.05, 3.63) is 28.8 Å². The molecule has 25 heavy (non-hydrogen) atoms. The van der Waals surface area contributed by atoms with Gasteiger partial charge in [0, 0.05) is 26.2 Å². The minimum absolute atomic E-state index is 0.0921. The Hall–Kier alpha value is -1.89. The van der Waals surface area contributed by atoms with Gasteiger partial charge in [-0.05, 0) is 45.2 Å². The minimum atomic E-state index is -3.57. The summed E-state index contributed by atoms with van der Waals surface area (Å²) in [5.41, 5.74) is 3.85. The molecular formula is C18H28N2O4S. The van der Waals surface area contributed by atoms with E-state index in [0.29, 0.717) is 0 Å². The van der Waals surface area contributed by atoms with E-state index in [1.54, 1.807) is 0 Å². The van der Waals surface area contributed by atoms with Crippen LogP contribution >= 0.6 is 0 Å². The summed E-state index contributed by atoms with van der Waals surface area (Å²) in [6.07, 6.45) is 0.276. The minimum Gasteiger partial charge on any atom is -0.348 e. The zero-order valence-electron chi connectivity index (χ0n) is 15.8. The molecule has 0 aromatic heterocycles. The lowest BCUT2D eigenvalue weighted by atomic mass is 10.0. The summed E-state index contributed by atoms with van der Waals surface area (Å²) >= 11 is 0. The highest BCUT2D eigenvalue weighted by atomic mass is 32.2. The number of nitrogens with zero attached hydrogens (tertiary/aromatic N) is 1. The molecule has 140 valence electrons. The van der Waals surface area contributed by atoms with E-state index >= 15 is 0 Å². The number of hydrogen-bond donors (Lipinski definition) is 1. The van der Waals surface area contributed by atoms with E-state index < -0.39 is 21.0 Å². The number of aryl methyl sites for hydroxylation is 3. The number of carbonyl (C=O) groups excluding carboxylic acids is 2. The number of nitrogens with one attached hydrogen (secondary N) is 1. The summed E-state index contributed by atoms with van der Waals surface area (Å²) in [5, 5.41) is 1.76. The predicted octanol–water partition coefficient (Wildman–Crippen LogP) is 2.22. The van der Waals surface area contributed by atoms with Crippen molar-refractivity contribution in [2.75, 3.05) is 25.2 Å². The van der Waals surface area contributed by atoms with Crippen molar-refractivity contribution >= 4 is 27.3 Å². The van der Waals surface area contributed by atoms with Gasteiger partial charge in [-0.15, -0.1) is 0 Å². The molecule has 0 saturated carbocycles. The van der Waals surface area contributed by atoms with Crippen LogP contribution in [-0.2, 0) is 19.4 Å². The van der Waals surface area contributed by atoms with Gasteiger partial charge >= 0.3 is 0 Å². The van der Waals surface area contributed by atoms with E-state index in [1.807, 2.05) is 32.9 Å². The molecule has 0 aliphatic carbocycles. The molecule has 1 atom stereocenters. The molecule has 0 radical (unpaired) electrons. The Labute approximate surface area is 150 Å². The lowest BCUT2D eigenvalue weighted by Gasteiger charge is -2.17. The second kappa shape index (κ2) is 8.47. The first-order chi connectivity index (χ1) is 11.5. The van der Waals surface area contributed by atoms with Crippen molar-refractivity contribution in [2.45, 2.75) is 45.8 Å². The Morgan fingerprint density at radius 1 is 1.12 bits per heavy atom. The van der Waals surface area contributed by atoms with Gasteiger partial charge in [0.05, 0.1) is 5.75 Å². The number of hydrogen-bond acceptors (Lipinski definition) is 4. The van der Waals surface area contributed by atoms with Crippen molar-refractivity contribution < 1.29 is 18.0 Å². The van der Waals surface area contributed by atoms with Crippen LogP contribution in [0.4, 0.5) is 5.69 Å². The fraction of sp³-hybridized carbons (Fsp3) is 0.556. The molecule has 1 rings (SSSR count). The number of sulfone groups is 1. The molecule has 7 heteroatoms.